The maximum absolute atomic E-state index is 9.44. The van der Waals surface area contributed by atoms with E-state index >= 15 is 0 Å². The monoisotopic (exact) mass is 294 g/mol. The molecule has 21 heavy (non-hydrogen) atoms. The Morgan fingerprint density at radius 3 is 2.86 bits per heavy atom. The lowest BCUT2D eigenvalue weighted by Crippen LogP contribution is -2.38. The molecule has 0 saturated carbocycles. The van der Waals surface area contributed by atoms with Crippen molar-refractivity contribution in [3.63, 3.8) is 0 Å². The predicted molar refractivity (Wildman–Crippen MR) is 86.5 cm³/mol. The zero-order chi connectivity index (χ0) is 15.4. The van der Waals surface area contributed by atoms with E-state index in [0.29, 0.717) is 11.8 Å². The Labute approximate surface area is 128 Å². The van der Waals surface area contributed by atoms with Gasteiger partial charge in [-0.1, -0.05) is 13.8 Å². The number of piperidine rings is 1. The van der Waals surface area contributed by atoms with Gasteiger partial charge in [-0.15, -0.1) is 0 Å². The average Bonchev–Trinajstić information content (AvgIpc) is 2.73. The quantitative estimate of drug-likeness (QED) is 0.838. The lowest BCUT2D eigenvalue weighted by Gasteiger charge is -2.34. The van der Waals surface area contributed by atoms with E-state index in [0.717, 1.165) is 44.7 Å². The van der Waals surface area contributed by atoms with Gasteiger partial charge in [0.05, 0.1) is 5.69 Å². The van der Waals surface area contributed by atoms with Crippen LogP contribution in [0.4, 0.5) is 5.82 Å². The first-order valence-electron chi connectivity index (χ1n) is 8.12. The molecule has 5 heteroatoms. The third-order valence-corrected chi connectivity index (χ3v) is 4.24. The number of aryl methyl sites for hydroxylation is 2. The molecule has 1 saturated heterocycles. The summed E-state index contributed by atoms with van der Waals surface area (Å²) in [5, 5.41) is 17.6. The van der Waals surface area contributed by atoms with Crippen LogP contribution in [0.1, 0.15) is 37.9 Å². The third kappa shape index (κ3) is 3.98. The molecule has 1 atom stereocenters. The second-order valence-corrected chi connectivity index (χ2v) is 6.67. The van der Waals surface area contributed by atoms with E-state index in [1.165, 1.54) is 11.4 Å². The largest absolute Gasteiger partial charge is 0.396 e. The molecule has 0 spiro atoms. The van der Waals surface area contributed by atoms with Crippen LogP contribution in [0.2, 0.25) is 0 Å². The lowest BCUT2D eigenvalue weighted by atomic mass is 9.98. The molecule has 0 amide bonds. The van der Waals surface area contributed by atoms with E-state index in [1.807, 2.05) is 11.7 Å². The molecule has 1 aliphatic heterocycles. The van der Waals surface area contributed by atoms with Crippen molar-refractivity contribution in [2.75, 3.05) is 31.1 Å². The first kappa shape index (κ1) is 16.3. The maximum atomic E-state index is 9.44. The van der Waals surface area contributed by atoms with Gasteiger partial charge in [-0.05, 0) is 38.1 Å². The highest BCUT2D eigenvalue weighted by Crippen LogP contribution is 2.28. The maximum Gasteiger partial charge on any atom is 0.131 e. The topological polar surface area (TPSA) is 53.3 Å². The van der Waals surface area contributed by atoms with Crippen LogP contribution in [0, 0.1) is 18.8 Å². The fourth-order valence-electron chi connectivity index (χ4n) is 3.18. The minimum atomic E-state index is 0.286. The van der Waals surface area contributed by atoms with E-state index in [-0.39, 0.29) is 6.61 Å². The van der Waals surface area contributed by atoms with Crippen molar-refractivity contribution in [2.45, 2.75) is 40.2 Å². The molecular weight excluding hydrogens is 264 g/mol. The molecule has 120 valence electrons. The molecule has 1 aromatic heterocycles. The lowest BCUT2D eigenvalue weighted by molar-refractivity contribution is 0.208. The highest BCUT2D eigenvalue weighted by molar-refractivity contribution is 5.50. The fraction of sp³-hybridized carbons (Fsp3) is 0.812. The first-order valence-corrected chi connectivity index (χ1v) is 8.12. The number of hydrogen-bond acceptors (Lipinski definition) is 4. The normalized spacial score (nSPS) is 19.5. The van der Waals surface area contributed by atoms with Gasteiger partial charge in [-0.2, -0.15) is 5.10 Å². The predicted octanol–water partition coefficient (Wildman–Crippen LogP) is 1.68. The molecular formula is C16H30N4O. The summed E-state index contributed by atoms with van der Waals surface area (Å²) in [6, 6.07) is 0. The Hall–Kier alpha value is -1.07. The Bertz CT molecular complexity index is 455. The van der Waals surface area contributed by atoms with Gasteiger partial charge in [0.2, 0.25) is 0 Å². The van der Waals surface area contributed by atoms with Crippen molar-refractivity contribution in [1.82, 2.24) is 15.1 Å². The summed E-state index contributed by atoms with van der Waals surface area (Å²) in [7, 11) is 2.02. The molecule has 2 N–H and O–H groups in total. The summed E-state index contributed by atoms with van der Waals surface area (Å²) in [4.78, 5) is 2.40. The van der Waals surface area contributed by atoms with Crippen LogP contribution in [0.5, 0.6) is 0 Å². The van der Waals surface area contributed by atoms with Gasteiger partial charge < -0.3 is 15.3 Å². The van der Waals surface area contributed by atoms with Gasteiger partial charge in [-0.25, -0.2) is 0 Å². The van der Waals surface area contributed by atoms with Crippen LogP contribution in [0.3, 0.4) is 0 Å². The van der Waals surface area contributed by atoms with Crippen molar-refractivity contribution in [3.8, 4) is 0 Å². The van der Waals surface area contributed by atoms with E-state index < -0.39 is 0 Å². The number of rotatable bonds is 6. The Balaban J connectivity index is 2.13. The number of anilines is 1. The molecule has 1 unspecified atom stereocenters. The van der Waals surface area contributed by atoms with Crippen molar-refractivity contribution >= 4 is 5.82 Å². The molecule has 0 aliphatic carbocycles. The SMILES string of the molecule is Cc1nn(C)c(N2CCCC(CO)C2)c1CNCC(C)C. The number of nitrogens with zero attached hydrogens (tertiary/aromatic N) is 3. The second kappa shape index (κ2) is 7.27. The average molecular weight is 294 g/mol. The number of aliphatic hydroxyl groups excluding tert-OH is 1. The number of nitrogens with one attached hydrogen (secondary N) is 1. The zero-order valence-electron chi connectivity index (χ0n) is 13.9. The summed E-state index contributed by atoms with van der Waals surface area (Å²) in [5.74, 6) is 2.27. The summed E-state index contributed by atoms with van der Waals surface area (Å²) in [5.41, 5.74) is 2.41. The van der Waals surface area contributed by atoms with Crippen molar-refractivity contribution in [3.05, 3.63) is 11.3 Å². The summed E-state index contributed by atoms with van der Waals surface area (Å²) in [6.07, 6.45) is 2.28. The first-order chi connectivity index (χ1) is 10.0. The van der Waals surface area contributed by atoms with E-state index in [4.69, 9.17) is 0 Å². The summed E-state index contributed by atoms with van der Waals surface area (Å²) < 4.78 is 2.00. The minimum Gasteiger partial charge on any atom is -0.396 e. The van der Waals surface area contributed by atoms with Crippen LogP contribution in [0.25, 0.3) is 0 Å². The van der Waals surface area contributed by atoms with Crippen LogP contribution >= 0.6 is 0 Å². The molecule has 0 radical (unpaired) electrons. The van der Waals surface area contributed by atoms with Crippen LogP contribution in [-0.2, 0) is 13.6 Å². The highest BCUT2D eigenvalue weighted by atomic mass is 16.3. The van der Waals surface area contributed by atoms with Gasteiger partial charge in [-0.3, -0.25) is 4.68 Å². The summed E-state index contributed by atoms with van der Waals surface area (Å²) >= 11 is 0. The van der Waals surface area contributed by atoms with Crippen molar-refractivity contribution < 1.29 is 5.11 Å². The van der Waals surface area contributed by atoms with Gasteiger partial charge in [0.1, 0.15) is 5.82 Å². The van der Waals surface area contributed by atoms with E-state index in [2.05, 4.69) is 36.1 Å². The van der Waals surface area contributed by atoms with Crippen LogP contribution < -0.4 is 10.2 Å². The highest BCUT2D eigenvalue weighted by Gasteiger charge is 2.25. The molecule has 1 aliphatic rings. The molecule has 5 nitrogen and oxygen atoms in total. The van der Waals surface area contributed by atoms with E-state index in [9.17, 15) is 5.11 Å². The smallest absolute Gasteiger partial charge is 0.131 e. The molecule has 2 heterocycles. The molecule has 0 bridgehead atoms. The Morgan fingerprint density at radius 1 is 1.43 bits per heavy atom. The standard InChI is InChI=1S/C16H30N4O/c1-12(2)8-17-9-15-13(3)18-19(4)16(15)20-7-5-6-14(10-20)11-21/h12,14,17,21H,5-11H2,1-4H3. The minimum absolute atomic E-state index is 0.286. The van der Waals surface area contributed by atoms with Gasteiger partial charge >= 0.3 is 0 Å². The zero-order valence-corrected chi connectivity index (χ0v) is 13.9. The van der Waals surface area contributed by atoms with E-state index in [1.54, 1.807) is 0 Å². The molecule has 1 fully saturated rings. The van der Waals surface area contributed by atoms with Crippen molar-refractivity contribution in [2.24, 2.45) is 18.9 Å². The Morgan fingerprint density at radius 2 is 2.19 bits per heavy atom. The molecule has 0 aromatic carbocycles. The second-order valence-electron chi connectivity index (χ2n) is 6.67. The Kier molecular flexibility index (Phi) is 5.65. The van der Waals surface area contributed by atoms with Gasteiger partial charge in [0.25, 0.3) is 0 Å². The summed E-state index contributed by atoms with van der Waals surface area (Å²) in [6.45, 7) is 10.7. The van der Waals surface area contributed by atoms with Crippen LogP contribution in [0.15, 0.2) is 0 Å². The number of aliphatic hydroxyl groups is 1. The fourth-order valence-corrected chi connectivity index (χ4v) is 3.18. The van der Waals surface area contributed by atoms with Gasteiger partial charge in [0, 0.05) is 38.9 Å². The third-order valence-electron chi connectivity index (χ3n) is 4.24. The molecule has 2 rings (SSSR count). The molecule has 1 aromatic rings. The number of hydrogen-bond donors (Lipinski definition) is 2. The van der Waals surface area contributed by atoms with Gasteiger partial charge in [0.15, 0.2) is 0 Å². The van der Waals surface area contributed by atoms with Crippen LogP contribution in [-0.4, -0.2) is 41.1 Å². The van der Waals surface area contributed by atoms with Crippen molar-refractivity contribution in [1.29, 1.82) is 0 Å². The number of aromatic nitrogens is 2.